The van der Waals surface area contributed by atoms with Crippen molar-refractivity contribution in [2.24, 2.45) is 0 Å². The number of benzene rings is 1. The Morgan fingerprint density at radius 2 is 2.11 bits per heavy atom. The van der Waals surface area contributed by atoms with Gasteiger partial charge in [-0.25, -0.2) is 4.85 Å². The first-order valence-corrected chi connectivity index (χ1v) is 11.2. The molecule has 1 atom stereocenters. The predicted octanol–water partition coefficient (Wildman–Crippen LogP) is 5.57. The zero-order chi connectivity index (χ0) is 20.3. The van der Waals surface area contributed by atoms with Gasteiger partial charge in [0.15, 0.2) is 0 Å². The van der Waals surface area contributed by atoms with E-state index in [1.165, 1.54) is 23.1 Å². The Kier molecular flexibility index (Phi) is 6.50. The van der Waals surface area contributed by atoms with Gasteiger partial charge in [-0.3, -0.25) is 4.79 Å². The van der Waals surface area contributed by atoms with Crippen LogP contribution in [0.15, 0.2) is 62.2 Å². The molecule has 0 aliphatic carbocycles. The highest BCUT2D eigenvalue weighted by atomic mass is 79.9. The first kappa shape index (κ1) is 20.5. The second kappa shape index (κ2) is 8.86. The number of dihydropyridines is 1. The van der Waals surface area contributed by atoms with E-state index in [1.54, 1.807) is 19.2 Å². The number of para-hydroxylation sites is 2. The third kappa shape index (κ3) is 3.97. The monoisotopic (exact) mass is 475 g/mol. The van der Waals surface area contributed by atoms with Gasteiger partial charge >= 0.3 is 0 Å². The van der Waals surface area contributed by atoms with Crippen LogP contribution < -0.4 is 15.4 Å². The summed E-state index contributed by atoms with van der Waals surface area (Å²) in [6, 6.07) is 11.2. The summed E-state index contributed by atoms with van der Waals surface area (Å²) in [7, 11) is 1.56. The van der Waals surface area contributed by atoms with Crippen LogP contribution in [-0.2, 0) is 4.79 Å². The van der Waals surface area contributed by atoms with E-state index in [2.05, 4.69) is 31.4 Å². The molecule has 28 heavy (non-hydrogen) atoms. The van der Waals surface area contributed by atoms with Gasteiger partial charge in [0.1, 0.15) is 5.75 Å². The number of thioether (sulfide) groups is 1. The molecule has 2 heterocycles. The third-order valence-corrected chi connectivity index (χ3v) is 6.71. The van der Waals surface area contributed by atoms with Gasteiger partial charge in [-0.05, 0) is 53.4 Å². The largest absolute Gasteiger partial charge is 0.495 e. The molecular formula is C20H18BrN3O2S2. The van der Waals surface area contributed by atoms with Crippen molar-refractivity contribution < 1.29 is 9.53 Å². The second-order valence-electron chi connectivity index (χ2n) is 5.92. The predicted molar refractivity (Wildman–Crippen MR) is 119 cm³/mol. The average molecular weight is 476 g/mol. The number of carbonyl (C=O) groups is 1. The molecule has 2 N–H and O–H groups in total. The summed E-state index contributed by atoms with van der Waals surface area (Å²) in [5, 5.41) is 6.95. The van der Waals surface area contributed by atoms with E-state index in [0.29, 0.717) is 22.7 Å². The van der Waals surface area contributed by atoms with Crippen LogP contribution in [0.4, 0.5) is 5.69 Å². The molecule has 5 nitrogen and oxygen atoms in total. The zero-order valence-corrected chi connectivity index (χ0v) is 18.7. The molecule has 1 unspecified atom stereocenters. The molecule has 0 saturated carbocycles. The number of nitrogens with one attached hydrogen (secondary N) is 2. The first-order chi connectivity index (χ1) is 13.5. The lowest BCUT2D eigenvalue weighted by Gasteiger charge is -2.28. The minimum absolute atomic E-state index is 0.259. The lowest BCUT2D eigenvalue weighted by Crippen LogP contribution is -2.30. The molecule has 0 fully saturated rings. The van der Waals surface area contributed by atoms with Gasteiger partial charge in [-0.1, -0.05) is 12.1 Å². The van der Waals surface area contributed by atoms with Crippen molar-refractivity contribution in [2.75, 3.05) is 18.7 Å². The van der Waals surface area contributed by atoms with Crippen LogP contribution in [0.3, 0.4) is 0 Å². The average Bonchev–Trinajstić information content (AvgIpc) is 3.13. The maximum Gasteiger partial charge on any atom is 0.253 e. The van der Waals surface area contributed by atoms with Crippen LogP contribution in [0.1, 0.15) is 17.7 Å². The quantitative estimate of drug-likeness (QED) is 0.554. The summed E-state index contributed by atoms with van der Waals surface area (Å²) < 4.78 is 6.30. The van der Waals surface area contributed by atoms with E-state index >= 15 is 0 Å². The lowest BCUT2D eigenvalue weighted by molar-refractivity contribution is -0.113. The fourth-order valence-electron chi connectivity index (χ4n) is 3.06. The Morgan fingerprint density at radius 3 is 2.71 bits per heavy atom. The van der Waals surface area contributed by atoms with Crippen LogP contribution in [-0.4, -0.2) is 19.3 Å². The number of rotatable bonds is 5. The maximum absolute atomic E-state index is 13.3. The summed E-state index contributed by atoms with van der Waals surface area (Å²) in [5.74, 6) is -0.100. The summed E-state index contributed by atoms with van der Waals surface area (Å²) in [4.78, 5) is 18.0. The number of allylic oxidation sites excluding steroid dienone is 2. The van der Waals surface area contributed by atoms with E-state index in [0.717, 1.165) is 19.4 Å². The van der Waals surface area contributed by atoms with E-state index in [-0.39, 0.29) is 5.91 Å². The van der Waals surface area contributed by atoms with Gasteiger partial charge in [0.2, 0.25) is 5.70 Å². The first-order valence-electron chi connectivity index (χ1n) is 8.33. The fourth-order valence-corrected chi connectivity index (χ4v) is 5.22. The Labute approximate surface area is 180 Å². The molecule has 1 aromatic carbocycles. The number of nitrogens with zero attached hydrogens (tertiary/aromatic N) is 1. The second-order valence-corrected chi connectivity index (χ2v) is 9.23. The molecule has 2 aromatic rings. The number of methoxy groups -OCH3 is 1. The molecule has 0 saturated heterocycles. The molecule has 1 aliphatic rings. The summed E-state index contributed by atoms with van der Waals surface area (Å²) >= 11 is 6.49. The number of carbonyl (C=O) groups excluding carboxylic acids is 1. The van der Waals surface area contributed by atoms with Crippen LogP contribution in [0.2, 0.25) is 0 Å². The van der Waals surface area contributed by atoms with E-state index < -0.39 is 5.92 Å². The molecule has 1 aromatic heterocycles. The van der Waals surface area contributed by atoms with E-state index in [9.17, 15) is 4.79 Å². The number of anilines is 1. The Balaban J connectivity index is 2.06. The summed E-state index contributed by atoms with van der Waals surface area (Å²) in [5.41, 5.74) is 2.38. The van der Waals surface area contributed by atoms with E-state index in [1.807, 2.05) is 37.4 Å². The SMILES string of the molecule is [C-]#[N+]C1=C(SC)NC(C)=C(C(=O)Nc2ccccc2OC)C1c1ccc(Br)s1. The van der Waals surface area contributed by atoms with Crippen molar-refractivity contribution >= 4 is 50.6 Å². The molecule has 0 bridgehead atoms. The summed E-state index contributed by atoms with van der Waals surface area (Å²) in [6.45, 7) is 9.60. The normalized spacial score (nSPS) is 16.5. The number of halogens is 1. The van der Waals surface area contributed by atoms with Crippen LogP contribution in [0, 0.1) is 6.57 Å². The molecule has 1 amide bonds. The van der Waals surface area contributed by atoms with Crippen molar-refractivity contribution in [2.45, 2.75) is 12.8 Å². The van der Waals surface area contributed by atoms with Gasteiger partial charge in [0.25, 0.3) is 5.91 Å². The highest BCUT2D eigenvalue weighted by Gasteiger charge is 2.36. The molecule has 3 rings (SSSR count). The Bertz CT molecular complexity index is 1020. The number of hydrogen-bond acceptors (Lipinski definition) is 5. The molecule has 144 valence electrons. The van der Waals surface area contributed by atoms with Gasteiger partial charge in [-0.15, -0.1) is 23.1 Å². The molecular weight excluding hydrogens is 458 g/mol. The van der Waals surface area contributed by atoms with Crippen molar-refractivity contribution in [1.29, 1.82) is 0 Å². The van der Waals surface area contributed by atoms with E-state index in [4.69, 9.17) is 11.3 Å². The van der Waals surface area contributed by atoms with Gasteiger partial charge < -0.3 is 15.4 Å². The summed E-state index contributed by atoms with van der Waals surface area (Å²) in [6.07, 6.45) is 1.92. The zero-order valence-electron chi connectivity index (χ0n) is 15.5. The smallest absolute Gasteiger partial charge is 0.253 e. The van der Waals surface area contributed by atoms with Crippen molar-refractivity contribution in [3.8, 4) is 5.75 Å². The highest BCUT2D eigenvalue weighted by molar-refractivity contribution is 9.11. The standard InChI is InChI=1S/C20H18BrN3O2S2/c1-11-16(19(25)24-12-7-5-6-8-13(12)26-3)17(14-9-10-15(21)28-14)18(22-2)20(23-11)27-4/h5-10,17,23H,1,3-4H3,(H,24,25). The third-order valence-electron chi connectivity index (χ3n) is 4.30. The number of hydrogen-bond donors (Lipinski definition) is 2. The van der Waals surface area contributed by atoms with Gasteiger partial charge in [0, 0.05) is 16.1 Å². The molecule has 0 radical (unpaired) electrons. The Morgan fingerprint density at radius 1 is 1.36 bits per heavy atom. The number of amides is 1. The van der Waals surface area contributed by atoms with Crippen molar-refractivity contribution in [3.63, 3.8) is 0 Å². The molecule has 8 heteroatoms. The topological polar surface area (TPSA) is 54.7 Å². The van der Waals surface area contributed by atoms with Crippen molar-refractivity contribution in [3.05, 3.63) is 78.5 Å². The van der Waals surface area contributed by atoms with Gasteiger partial charge in [0.05, 0.1) is 34.1 Å². The number of ether oxygens (including phenoxy) is 1. The minimum Gasteiger partial charge on any atom is -0.495 e. The highest BCUT2D eigenvalue weighted by Crippen LogP contribution is 2.44. The molecule has 1 aliphatic heterocycles. The minimum atomic E-state index is -0.424. The van der Waals surface area contributed by atoms with Gasteiger partial charge in [-0.2, -0.15) is 0 Å². The Hall–Kier alpha value is -2.21. The van der Waals surface area contributed by atoms with Crippen LogP contribution >= 0.6 is 39.0 Å². The maximum atomic E-state index is 13.3. The van der Waals surface area contributed by atoms with Crippen LogP contribution in [0.25, 0.3) is 4.85 Å². The lowest BCUT2D eigenvalue weighted by atomic mass is 9.89. The van der Waals surface area contributed by atoms with Crippen molar-refractivity contribution in [1.82, 2.24) is 5.32 Å². The fraction of sp³-hybridized carbons (Fsp3) is 0.200. The van der Waals surface area contributed by atoms with Crippen LogP contribution in [0.5, 0.6) is 5.75 Å². The number of thiophene rings is 1. The molecule has 0 spiro atoms.